The van der Waals surface area contributed by atoms with Crippen LogP contribution < -0.4 is 9.62 Å². The van der Waals surface area contributed by atoms with Gasteiger partial charge in [0.2, 0.25) is 5.91 Å². The van der Waals surface area contributed by atoms with Gasteiger partial charge in [-0.25, -0.2) is 13.2 Å². The number of sulfonamides is 1. The molecule has 0 aromatic heterocycles. The van der Waals surface area contributed by atoms with E-state index in [2.05, 4.69) is 5.32 Å². The molecule has 1 N–H and O–H groups in total. The molecule has 0 radical (unpaired) electrons. The highest BCUT2D eigenvalue weighted by atomic mass is 32.2. The van der Waals surface area contributed by atoms with Crippen molar-refractivity contribution in [1.29, 1.82) is 0 Å². The van der Waals surface area contributed by atoms with Crippen LogP contribution in [-0.4, -0.2) is 33.4 Å². The lowest BCUT2D eigenvalue weighted by molar-refractivity contribution is -0.114. The summed E-state index contributed by atoms with van der Waals surface area (Å²) in [5, 5.41) is 2.77. The fourth-order valence-electron chi connectivity index (χ4n) is 3.57. The molecule has 0 heterocycles. The van der Waals surface area contributed by atoms with Crippen LogP contribution >= 0.6 is 0 Å². The number of aryl methyl sites for hydroxylation is 3. The van der Waals surface area contributed by atoms with Crippen LogP contribution in [-0.2, 0) is 19.6 Å². The largest absolute Gasteiger partial charge is 0.462 e. The summed E-state index contributed by atoms with van der Waals surface area (Å²) in [5.41, 5.74) is 3.67. The first-order valence-corrected chi connectivity index (χ1v) is 12.3. The Labute approximate surface area is 200 Å². The molecule has 178 valence electrons. The van der Waals surface area contributed by atoms with Crippen LogP contribution in [0.25, 0.3) is 0 Å². The van der Waals surface area contributed by atoms with Gasteiger partial charge in [0.1, 0.15) is 6.54 Å². The van der Waals surface area contributed by atoms with Crippen LogP contribution in [0.4, 0.5) is 11.4 Å². The first-order valence-electron chi connectivity index (χ1n) is 10.9. The highest BCUT2D eigenvalue weighted by molar-refractivity contribution is 7.92. The molecule has 0 aliphatic rings. The minimum Gasteiger partial charge on any atom is -0.462 e. The van der Waals surface area contributed by atoms with Gasteiger partial charge in [-0.2, -0.15) is 0 Å². The summed E-state index contributed by atoms with van der Waals surface area (Å²) < 4.78 is 33.1. The van der Waals surface area contributed by atoms with Crippen molar-refractivity contribution < 1.29 is 22.7 Å². The molecule has 34 heavy (non-hydrogen) atoms. The van der Waals surface area contributed by atoms with E-state index in [1.165, 1.54) is 12.1 Å². The van der Waals surface area contributed by atoms with Gasteiger partial charge >= 0.3 is 5.97 Å². The Balaban J connectivity index is 1.91. The zero-order valence-corrected chi connectivity index (χ0v) is 20.5. The molecule has 3 aromatic carbocycles. The van der Waals surface area contributed by atoms with Gasteiger partial charge in [0.25, 0.3) is 10.0 Å². The van der Waals surface area contributed by atoms with E-state index in [0.29, 0.717) is 22.5 Å². The zero-order valence-electron chi connectivity index (χ0n) is 19.7. The maximum absolute atomic E-state index is 13.5. The normalized spacial score (nSPS) is 11.1. The maximum Gasteiger partial charge on any atom is 0.338 e. The van der Waals surface area contributed by atoms with Crippen molar-refractivity contribution in [1.82, 2.24) is 0 Å². The molecule has 3 aromatic rings. The van der Waals surface area contributed by atoms with Gasteiger partial charge in [0.15, 0.2) is 0 Å². The molecule has 0 spiro atoms. The van der Waals surface area contributed by atoms with Crippen LogP contribution in [0.2, 0.25) is 0 Å². The Kier molecular flexibility index (Phi) is 7.73. The predicted molar refractivity (Wildman–Crippen MR) is 133 cm³/mol. The van der Waals surface area contributed by atoms with E-state index in [1.807, 2.05) is 26.0 Å². The van der Waals surface area contributed by atoms with Gasteiger partial charge in [-0.3, -0.25) is 9.10 Å². The lowest BCUT2D eigenvalue weighted by atomic mass is 10.1. The van der Waals surface area contributed by atoms with Crippen molar-refractivity contribution in [3.05, 3.63) is 89.0 Å². The molecule has 0 fully saturated rings. The fraction of sp³-hybridized carbons (Fsp3) is 0.231. The summed E-state index contributed by atoms with van der Waals surface area (Å²) >= 11 is 0. The average molecular weight is 481 g/mol. The minimum absolute atomic E-state index is 0.0951. The Morgan fingerprint density at radius 1 is 0.912 bits per heavy atom. The van der Waals surface area contributed by atoms with Crippen molar-refractivity contribution in [2.75, 3.05) is 22.8 Å². The molecule has 1 amide bonds. The molecule has 8 heteroatoms. The quantitative estimate of drug-likeness (QED) is 0.475. The summed E-state index contributed by atoms with van der Waals surface area (Å²) in [7, 11) is -4.00. The van der Waals surface area contributed by atoms with E-state index in [-0.39, 0.29) is 11.5 Å². The molecule has 0 bridgehead atoms. The molecule has 7 nitrogen and oxygen atoms in total. The second kappa shape index (κ2) is 10.5. The summed E-state index contributed by atoms with van der Waals surface area (Å²) in [6.07, 6.45) is 0. The molecule has 0 aliphatic heterocycles. The predicted octanol–water partition coefficient (Wildman–Crippen LogP) is 4.62. The number of amides is 1. The molecule has 0 saturated heterocycles. The lowest BCUT2D eigenvalue weighted by Gasteiger charge is -2.26. The standard InChI is InChI=1S/C26H28N2O5S/c1-5-33-26(30)21-12-13-23(19(3)16-21)27-25(29)17-28(24-14-11-18(2)15-20(24)4)34(31,32)22-9-7-6-8-10-22/h6-16H,5,17H2,1-4H3,(H,27,29). The Bertz CT molecular complexity index is 1300. The Morgan fingerprint density at radius 3 is 2.24 bits per heavy atom. The first-order chi connectivity index (χ1) is 16.1. The van der Waals surface area contributed by atoms with E-state index >= 15 is 0 Å². The van der Waals surface area contributed by atoms with E-state index in [0.717, 1.165) is 15.4 Å². The third kappa shape index (κ3) is 5.63. The third-order valence-electron chi connectivity index (χ3n) is 5.25. The number of ether oxygens (including phenoxy) is 1. The highest BCUT2D eigenvalue weighted by Gasteiger charge is 2.28. The smallest absolute Gasteiger partial charge is 0.338 e. The maximum atomic E-state index is 13.5. The van der Waals surface area contributed by atoms with Crippen molar-refractivity contribution in [3.63, 3.8) is 0 Å². The summed E-state index contributed by atoms with van der Waals surface area (Å²) in [6.45, 7) is 7.06. The van der Waals surface area contributed by atoms with Crippen LogP contribution in [0.1, 0.15) is 34.0 Å². The summed E-state index contributed by atoms with van der Waals surface area (Å²) in [4.78, 5) is 25.1. The summed E-state index contributed by atoms with van der Waals surface area (Å²) in [6, 6.07) is 18.2. The molecular weight excluding hydrogens is 452 g/mol. The number of nitrogens with zero attached hydrogens (tertiary/aromatic N) is 1. The number of esters is 1. The van der Waals surface area contributed by atoms with Crippen molar-refractivity contribution in [2.45, 2.75) is 32.6 Å². The van der Waals surface area contributed by atoms with E-state index in [9.17, 15) is 18.0 Å². The number of carbonyl (C=O) groups excluding carboxylic acids is 2. The second-order valence-electron chi connectivity index (χ2n) is 7.91. The van der Waals surface area contributed by atoms with Crippen molar-refractivity contribution in [3.8, 4) is 0 Å². The van der Waals surface area contributed by atoms with Crippen molar-refractivity contribution in [2.24, 2.45) is 0 Å². The number of carbonyl (C=O) groups is 2. The second-order valence-corrected chi connectivity index (χ2v) is 9.78. The van der Waals surface area contributed by atoms with Gasteiger partial charge in [0, 0.05) is 5.69 Å². The van der Waals surface area contributed by atoms with Crippen LogP contribution in [0.3, 0.4) is 0 Å². The third-order valence-corrected chi connectivity index (χ3v) is 7.02. The number of rotatable bonds is 8. The Hall–Kier alpha value is -3.65. The fourth-order valence-corrected chi connectivity index (χ4v) is 5.08. The molecule has 0 unspecified atom stereocenters. The van der Waals surface area contributed by atoms with E-state index in [4.69, 9.17) is 4.74 Å². The number of anilines is 2. The molecule has 0 atom stereocenters. The molecule has 0 aliphatic carbocycles. The van der Waals surface area contributed by atoms with Crippen LogP contribution in [0.15, 0.2) is 71.6 Å². The Morgan fingerprint density at radius 2 is 1.62 bits per heavy atom. The zero-order chi connectivity index (χ0) is 24.9. The average Bonchev–Trinajstić information content (AvgIpc) is 2.80. The van der Waals surface area contributed by atoms with Crippen LogP contribution in [0, 0.1) is 20.8 Å². The van der Waals surface area contributed by atoms with Gasteiger partial charge in [-0.05, 0) is 75.2 Å². The molecule has 0 saturated carbocycles. The number of benzene rings is 3. The van der Waals surface area contributed by atoms with Gasteiger partial charge in [0.05, 0.1) is 22.8 Å². The minimum atomic E-state index is -4.00. The van der Waals surface area contributed by atoms with E-state index < -0.39 is 28.4 Å². The van der Waals surface area contributed by atoms with Gasteiger partial charge in [-0.1, -0.05) is 35.9 Å². The SMILES string of the molecule is CCOC(=O)c1ccc(NC(=O)CN(c2ccc(C)cc2C)S(=O)(=O)c2ccccc2)c(C)c1. The van der Waals surface area contributed by atoms with Gasteiger partial charge in [-0.15, -0.1) is 0 Å². The monoisotopic (exact) mass is 480 g/mol. The number of nitrogens with one attached hydrogen (secondary N) is 1. The lowest BCUT2D eigenvalue weighted by Crippen LogP contribution is -2.38. The molecular formula is C26H28N2O5S. The number of hydrogen-bond acceptors (Lipinski definition) is 5. The summed E-state index contributed by atoms with van der Waals surface area (Å²) in [5.74, 6) is -0.954. The van der Waals surface area contributed by atoms with Crippen molar-refractivity contribution >= 4 is 33.3 Å². The van der Waals surface area contributed by atoms with Crippen LogP contribution in [0.5, 0.6) is 0 Å². The highest BCUT2D eigenvalue weighted by Crippen LogP contribution is 2.28. The van der Waals surface area contributed by atoms with E-state index in [1.54, 1.807) is 56.3 Å². The topological polar surface area (TPSA) is 92.8 Å². The number of hydrogen-bond donors (Lipinski definition) is 1. The first kappa shape index (κ1) is 25.0. The molecule has 3 rings (SSSR count). The van der Waals surface area contributed by atoms with Gasteiger partial charge < -0.3 is 10.1 Å².